The fourth-order valence-corrected chi connectivity index (χ4v) is 4.17. The minimum atomic E-state index is -0.361. The number of hydrogen-bond acceptors (Lipinski definition) is 7. The molecule has 8 nitrogen and oxygen atoms in total. The minimum Gasteiger partial charge on any atom is -0.454 e. The van der Waals surface area contributed by atoms with Crippen LogP contribution in [0.25, 0.3) is 22.2 Å². The van der Waals surface area contributed by atoms with E-state index in [1.807, 2.05) is 29.6 Å². The molecule has 2 aromatic heterocycles. The number of aromatic nitrogens is 3. The highest BCUT2D eigenvalue weighted by atomic mass is 79.9. The number of nitrogens with zero attached hydrogens (tertiary/aromatic N) is 3. The number of anilines is 1. The molecule has 0 aliphatic carbocycles. The van der Waals surface area contributed by atoms with E-state index in [0.29, 0.717) is 33.2 Å². The molecule has 5 rings (SSSR count). The standard InChI is InChI=1S/C20H13BrN4O4S/c21-12-2-3-14-13(6-12)19(27)25(9-22-14)7-18(26)24-20-23-15(8-30-20)11-1-4-16-17(5-11)29-10-28-16/h1-6,8-9H,7,10H2,(H,23,24,26). The molecule has 0 atom stereocenters. The number of rotatable bonds is 4. The highest BCUT2D eigenvalue weighted by Gasteiger charge is 2.16. The number of hydrogen-bond donors (Lipinski definition) is 1. The van der Waals surface area contributed by atoms with Crippen LogP contribution in [0.15, 0.2) is 57.4 Å². The van der Waals surface area contributed by atoms with Crippen LogP contribution in [0.2, 0.25) is 0 Å². The Balaban J connectivity index is 1.32. The van der Waals surface area contributed by atoms with Gasteiger partial charge in [0.25, 0.3) is 5.56 Å². The Kier molecular flexibility index (Phi) is 4.72. The predicted octanol–water partition coefficient (Wildman–Crippen LogP) is 3.65. The molecule has 1 aliphatic heterocycles. The molecule has 0 spiro atoms. The second-order valence-corrected chi connectivity index (χ2v) is 8.27. The van der Waals surface area contributed by atoms with Crippen LogP contribution in [0, 0.1) is 0 Å². The van der Waals surface area contributed by atoms with Crippen LogP contribution >= 0.6 is 27.3 Å². The molecule has 1 N–H and O–H groups in total. The lowest BCUT2D eigenvalue weighted by atomic mass is 10.1. The third kappa shape index (κ3) is 3.55. The Morgan fingerprint density at radius 2 is 2.07 bits per heavy atom. The average Bonchev–Trinajstić information content (AvgIpc) is 3.39. The largest absolute Gasteiger partial charge is 0.454 e. The van der Waals surface area contributed by atoms with Crippen molar-refractivity contribution in [3.05, 3.63) is 62.9 Å². The number of halogens is 1. The van der Waals surface area contributed by atoms with Crippen molar-refractivity contribution in [2.75, 3.05) is 12.1 Å². The van der Waals surface area contributed by atoms with Crippen molar-refractivity contribution in [3.8, 4) is 22.8 Å². The number of fused-ring (bicyclic) bond motifs is 2. The first kappa shape index (κ1) is 18.8. The Hall–Kier alpha value is -3.24. The molecule has 0 fully saturated rings. The quantitative estimate of drug-likeness (QED) is 0.474. The zero-order chi connectivity index (χ0) is 20.7. The number of carbonyl (C=O) groups excluding carboxylic acids is 1. The molecule has 3 heterocycles. The van der Waals surface area contributed by atoms with Gasteiger partial charge in [-0.3, -0.25) is 14.2 Å². The third-order valence-electron chi connectivity index (χ3n) is 4.52. The van der Waals surface area contributed by atoms with Gasteiger partial charge >= 0.3 is 0 Å². The number of carbonyl (C=O) groups is 1. The van der Waals surface area contributed by atoms with Crippen LogP contribution in [0.4, 0.5) is 5.13 Å². The van der Waals surface area contributed by atoms with E-state index in [2.05, 4.69) is 31.2 Å². The van der Waals surface area contributed by atoms with Crippen molar-refractivity contribution in [1.82, 2.24) is 14.5 Å². The van der Waals surface area contributed by atoms with Gasteiger partial charge in [-0.15, -0.1) is 11.3 Å². The first-order valence-electron chi connectivity index (χ1n) is 8.87. The first-order chi connectivity index (χ1) is 14.6. The smallest absolute Gasteiger partial charge is 0.261 e. The second-order valence-electron chi connectivity index (χ2n) is 6.49. The maximum atomic E-state index is 12.6. The minimum absolute atomic E-state index is 0.160. The summed E-state index contributed by atoms with van der Waals surface area (Å²) in [5, 5.41) is 5.46. The van der Waals surface area contributed by atoms with Gasteiger partial charge in [0, 0.05) is 15.4 Å². The summed E-state index contributed by atoms with van der Waals surface area (Å²) in [6.07, 6.45) is 1.37. The van der Waals surface area contributed by atoms with Gasteiger partial charge < -0.3 is 14.8 Å². The zero-order valence-electron chi connectivity index (χ0n) is 15.3. The van der Waals surface area contributed by atoms with Gasteiger partial charge in [0.05, 0.1) is 22.9 Å². The van der Waals surface area contributed by atoms with Crippen LogP contribution < -0.4 is 20.3 Å². The molecule has 4 aromatic rings. The van der Waals surface area contributed by atoms with Gasteiger partial charge in [0.2, 0.25) is 12.7 Å². The van der Waals surface area contributed by atoms with Crippen LogP contribution in [0.1, 0.15) is 0 Å². The molecular formula is C20H13BrN4O4S. The number of thiazole rings is 1. The Morgan fingerprint density at radius 3 is 2.97 bits per heavy atom. The highest BCUT2D eigenvalue weighted by Crippen LogP contribution is 2.36. The topological polar surface area (TPSA) is 95.3 Å². The van der Waals surface area contributed by atoms with E-state index in [0.717, 1.165) is 10.0 Å². The molecule has 1 amide bonds. The van der Waals surface area contributed by atoms with E-state index >= 15 is 0 Å². The molecular weight excluding hydrogens is 472 g/mol. The molecule has 0 saturated carbocycles. The van der Waals surface area contributed by atoms with Crippen LogP contribution in [-0.2, 0) is 11.3 Å². The summed E-state index contributed by atoms with van der Waals surface area (Å²) < 4.78 is 12.8. The van der Waals surface area contributed by atoms with Crippen molar-refractivity contribution in [2.45, 2.75) is 6.54 Å². The molecule has 30 heavy (non-hydrogen) atoms. The zero-order valence-corrected chi connectivity index (χ0v) is 17.7. The van der Waals surface area contributed by atoms with E-state index in [1.165, 1.54) is 22.2 Å². The summed E-state index contributed by atoms with van der Waals surface area (Å²) in [7, 11) is 0. The highest BCUT2D eigenvalue weighted by molar-refractivity contribution is 9.10. The lowest BCUT2D eigenvalue weighted by Gasteiger charge is -2.06. The van der Waals surface area contributed by atoms with Crippen molar-refractivity contribution in [3.63, 3.8) is 0 Å². The Morgan fingerprint density at radius 1 is 1.20 bits per heavy atom. The number of amides is 1. The monoisotopic (exact) mass is 484 g/mol. The molecule has 0 bridgehead atoms. The lowest BCUT2D eigenvalue weighted by molar-refractivity contribution is -0.116. The van der Waals surface area contributed by atoms with Gasteiger partial charge in [-0.25, -0.2) is 9.97 Å². The predicted molar refractivity (Wildman–Crippen MR) is 116 cm³/mol. The summed E-state index contributed by atoms with van der Waals surface area (Å²) in [4.78, 5) is 33.8. The third-order valence-corrected chi connectivity index (χ3v) is 5.77. The van der Waals surface area contributed by atoms with E-state index in [-0.39, 0.29) is 24.8 Å². The van der Waals surface area contributed by atoms with Gasteiger partial charge in [-0.1, -0.05) is 15.9 Å². The molecule has 0 saturated heterocycles. The molecule has 1 aliphatic rings. The Bertz CT molecular complexity index is 1350. The fraction of sp³-hybridized carbons (Fsp3) is 0.100. The van der Waals surface area contributed by atoms with Gasteiger partial charge in [-0.2, -0.15) is 0 Å². The van der Waals surface area contributed by atoms with Crippen molar-refractivity contribution < 1.29 is 14.3 Å². The molecule has 0 radical (unpaired) electrons. The van der Waals surface area contributed by atoms with Crippen LogP contribution in [0.5, 0.6) is 11.5 Å². The van der Waals surface area contributed by atoms with Crippen molar-refractivity contribution in [1.29, 1.82) is 0 Å². The van der Waals surface area contributed by atoms with Gasteiger partial charge in [0.1, 0.15) is 6.54 Å². The van der Waals surface area contributed by atoms with Crippen molar-refractivity contribution in [2.24, 2.45) is 0 Å². The normalized spacial score (nSPS) is 12.3. The summed E-state index contributed by atoms with van der Waals surface area (Å²) in [5.74, 6) is 1.00. The average molecular weight is 485 g/mol. The number of nitrogens with one attached hydrogen (secondary N) is 1. The molecule has 150 valence electrons. The van der Waals surface area contributed by atoms with Crippen LogP contribution in [0.3, 0.4) is 0 Å². The fourth-order valence-electron chi connectivity index (χ4n) is 3.08. The van der Waals surface area contributed by atoms with E-state index in [1.54, 1.807) is 12.1 Å². The molecule has 2 aromatic carbocycles. The Labute approximate surface area is 182 Å². The maximum Gasteiger partial charge on any atom is 0.261 e. The van der Waals surface area contributed by atoms with E-state index in [9.17, 15) is 9.59 Å². The van der Waals surface area contributed by atoms with Crippen LogP contribution in [-0.4, -0.2) is 27.2 Å². The summed E-state index contributed by atoms with van der Waals surface area (Å²) in [6, 6.07) is 10.8. The second kappa shape index (κ2) is 7.54. The number of ether oxygens (including phenoxy) is 2. The molecule has 0 unspecified atom stereocenters. The van der Waals surface area contributed by atoms with Gasteiger partial charge in [0.15, 0.2) is 16.6 Å². The first-order valence-corrected chi connectivity index (χ1v) is 10.5. The van der Waals surface area contributed by atoms with E-state index in [4.69, 9.17) is 9.47 Å². The lowest BCUT2D eigenvalue weighted by Crippen LogP contribution is -2.27. The summed E-state index contributed by atoms with van der Waals surface area (Å²) in [6.45, 7) is 0.0460. The van der Waals surface area contributed by atoms with Gasteiger partial charge in [-0.05, 0) is 36.4 Å². The molecule has 10 heteroatoms. The SMILES string of the molecule is O=C(Cn1cnc2ccc(Br)cc2c1=O)Nc1nc(-c2ccc3c(c2)OCO3)cs1. The summed E-state index contributed by atoms with van der Waals surface area (Å²) in [5.41, 5.74) is 1.87. The maximum absolute atomic E-state index is 12.6. The summed E-state index contributed by atoms with van der Waals surface area (Å²) >= 11 is 4.65. The number of benzene rings is 2. The van der Waals surface area contributed by atoms with E-state index < -0.39 is 0 Å². The van der Waals surface area contributed by atoms with Crippen molar-refractivity contribution >= 4 is 49.2 Å².